The van der Waals surface area contributed by atoms with Gasteiger partial charge in [0.25, 0.3) is 0 Å². The molecule has 0 heterocycles. The molecule has 1 aromatic rings. The Balaban J connectivity index is 1.67. The largest absolute Gasteiger partial charge is 0.351 e. The quantitative estimate of drug-likeness (QED) is 0.590. The molecule has 6 heteroatoms. The van der Waals surface area contributed by atoms with Gasteiger partial charge in [0.1, 0.15) is 0 Å². The molecular formula is C17H26N4O2. The summed E-state index contributed by atoms with van der Waals surface area (Å²) in [6, 6.07) is 7.31. The average molecular weight is 318 g/mol. The summed E-state index contributed by atoms with van der Waals surface area (Å²) in [5.74, 6) is 0.778. The van der Waals surface area contributed by atoms with E-state index in [9.17, 15) is 9.59 Å². The van der Waals surface area contributed by atoms with Crippen molar-refractivity contribution in [2.45, 2.75) is 39.3 Å². The Morgan fingerprint density at radius 1 is 1.17 bits per heavy atom. The van der Waals surface area contributed by atoms with E-state index >= 15 is 0 Å². The van der Waals surface area contributed by atoms with Gasteiger partial charge in [0.05, 0.1) is 6.54 Å². The molecule has 0 aliphatic heterocycles. The smallest absolute Gasteiger partial charge is 0.319 e. The summed E-state index contributed by atoms with van der Waals surface area (Å²) in [7, 11) is 0. The van der Waals surface area contributed by atoms with E-state index in [1.165, 1.54) is 12.8 Å². The molecule has 6 nitrogen and oxygen atoms in total. The highest BCUT2D eigenvalue weighted by Crippen LogP contribution is 2.27. The molecule has 1 aliphatic carbocycles. The van der Waals surface area contributed by atoms with Gasteiger partial charge in [-0.25, -0.2) is 4.79 Å². The first-order valence-electron chi connectivity index (χ1n) is 8.17. The second kappa shape index (κ2) is 8.53. The van der Waals surface area contributed by atoms with Gasteiger partial charge in [-0.05, 0) is 56.8 Å². The van der Waals surface area contributed by atoms with Crippen LogP contribution in [0, 0.1) is 5.92 Å². The van der Waals surface area contributed by atoms with Gasteiger partial charge in [0, 0.05) is 18.3 Å². The lowest BCUT2D eigenvalue weighted by molar-refractivity contribution is -0.120. The van der Waals surface area contributed by atoms with Crippen LogP contribution in [0.25, 0.3) is 0 Å². The van der Waals surface area contributed by atoms with Crippen LogP contribution in [0.2, 0.25) is 0 Å². The maximum Gasteiger partial charge on any atom is 0.319 e. The van der Waals surface area contributed by atoms with Crippen molar-refractivity contribution < 1.29 is 9.59 Å². The molecule has 0 spiro atoms. The number of anilines is 1. The zero-order valence-electron chi connectivity index (χ0n) is 13.8. The second-order valence-electron chi connectivity index (χ2n) is 6.30. The Kier molecular flexibility index (Phi) is 6.40. The molecule has 0 bridgehead atoms. The van der Waals surface area contributed by atoms with Crippen LogP contribution in [0.4, 0.5) is 10.5 Å². The highest BCUT2D eigenvalue weighted by Gasteiger charge is 2.20. The van der Waals surface area contributed by atoms with Crippen LogP contribution < -0.4 is 21.3 Å². The number of nitrogens with one attached hydrogen (secondary N) is 4. The summed E-state index contributed by atoms with van der Waals surface area (Å²) in [4.78, 5) is 23.3. The number of benzene rings is 1. The number of rotatable bonds is 8. The first-order valence-corrected chi connectivity index (χ1v) is 8.17. The zero-order chi connectivity index (χ0) is 16.7. The Hall–Kier alpha value is -2.08. The van der Waals surface area contributed by atoms with Crippen LogP contribution in [0.1, 0.15) is 32.3 Å². The molecule has 23 heavy (non-hydrogen) atoms. The summed E-state index contributed by atoms with van der Waals surface area (Å²) in [5.41, 5.74) is 1.72. The molecule has 1 aromatic carbocycles. The van der Waals surface area contributed by atoms with Crippen LogP contribution >= 0.6 is 0 Å². The predicted octanol–water partition coefficient (Wildman–Crippen LogP) is 1.83. The Labute approximate surface area is 137 Å². The molecule has 2 rings (SSSR count). The van der Waals surface area contributed by atoms with Gasteiger partial charge in [-0.15, -0.1) is 0 Å². The summed E-state index contributed by atoms with van der Waals surface area (Å²) < 4.78 is 0. The zero-order valence-corrected chi connectivity index (χ0v) is 13.8. The lowest BCUT2D eigenvalue weighted by Gasteiger charge is -2.11. The van der Waals surface area contributed by atoms with E-state index in [1.807, 2.05) is 38.1 Å². The second-order valence-corrected chi connectivity index (χ2v) is 6.30. The van der Waals surface area contributed by atoms with Crippen molar-refractivity contribution in [3.05, 3.63) is 29.8 Å². The van der Waals surface area contributed by atoms with Crippen LogP contribution in [-0.2, 0) is 11.3 Å². The molecule has 0 unspecified atom stereocenters. The summed E-state index contributed by atoms with van der Waals surface area (Å²) >= 11 is 0. The standard InChI is InChI=1S/C17H26N4O2/c1-12(2)20-17(23)21-15-7-5-14(6-8-15)10-19-16(22)11-18-9-13-3-4-13/h5-8,12-13,18H,3-4,9-11H2,1-2H3,(H,19,22)(H2,20,21,23). The molecule has 0 aromatic heterocycles. The monoisotopic (exact) mass is 318 g/mol. The number of carbonyl (C=O) groups is 2. The molecule has 126 valence electrons. The van der Waals surface area contributed by atoms with Gasteiger partial charge < -0.3 is 21.3 Å². The van der Waals surface area contributed by atoms with Gasteiger partial charge in [0.2, 0.25) is 5.91 Å². The van der Waals surface area contributed by atoms with Crippen molar-refractivity contribution in [3.8, 4) is 0 Å². The fourth-order valence-electron chi connectivity index (χ4n) is 2.11. The van der Waals surface area contributed by atoms with E-state index in [1.54, 1.807) is 0 Å². The van der Waals surface area contributed by atoms with E-state index in [-0.39, 0.29) is 18.0 Å². The Bertz CT molecular complexity index is 524. The van der Waals surface area contributed by atoms with Crippen LogP contribution in [0.5, 0.6) is 0 Å². The molecule has 0 saturated heterocycles. The molecule has 0 radical (unpaired) electrons. The number of urea groups is 1. The molecule has 1 saturated carbocycles. The molecule has 0 atom stereocenters. The molecule has 1 aliphatic rings. The fraction of sp³-hybridized carbons (Fsp3) is 0.529. The van der Waals surface area contributed by atoms with Gasteiger partial charge in [-0.2, -0.15) is 0 Å². The summed E-state index contributed by atoms with van der Waals surface area (Å²) in [6.45, 7) is 5.61. The minimum atomic E-state index is -0.220. The Morgan fingerprint density at radius 2 is 1.87 bits per heavy atom. The minimum absolute atomic E-state index is 0.00385. The average Bonchev–Trinajstić information content (AvgIpc) is 3.30. The topological polar surface area (TPSA) is 82.3 Å². The number of amides is 3. The SMILES string of the molecule is CC(C)NC(=O)Nc1ccc(CNC(=O)CNCC2CC2)cc1. The molecular weight excluding hydrogens is 292 g/mol. The van der Waals surface area contributed by atoms with Crippen molar-refractivity contribution >= 4 is 17.6 Å². The maximum atomic E-state index is 11.7. The van der Waals surface area contributed by atoms with Crippen LogP contribution in [0.15, 0.2) is 24.3 Å². The van der Waals surface area contributed by atoms with Crippen molar-refractivity contribution in [2.24, 2.45) is 5.92 Å². The third-order valence-electron chi connectivity index (χ3n) is 3.54. The highest BCUT2D eigenvalue weighted by molar-refractivity contribution is 5.89. The number of hydrogen-bond acceptors (Lipinski definition) is 3. The summed E-state index contributed by atoms with van der Waals surface area (Å²) in [5, 5.41) is 11.6. The first-order chi connectivity index (χ1) is 11.0. The van der Waals surface area contributed by atoms with Crippen LogP contribution in [0.3, 0.4) is 0 Å². The van der Waals surface area contributed by atoms with E-state index < -0.39 is 0 Å². The van der Waals surface area contributed by atoms with E-state index in [4.69, 9.17) is 0 Å². The van der Waals surface area contributed by atoms with Crippen molar-refractivity contribution in [3.63, 3.8) is 0 Å². The molecule has 4 N–H and O–H groups in total. The summed E-state index contributed by atoms with van der Waals surface area (Å²) in [6.07, 6.45) is 2.56. The van der Waals surface area contributed by atoms with Gasteiger partial charge in [-0.1, -0.05) is 12.1 Å². The number of carbonyl (C=O) groups excluding carboxylic acids is 2. The minimum Gasteiger partial charge on any atom is -0.351 e. The van der Waals surface area contributed by atoms with Gasteiger partial charge in [0.15, 0.2) is 0 Å². The molecule has 1 fully saturated rings. The predicted molar refractivity (Wildman–Crippen MR) is 91.2 cm³/mol. The van der Waals surface area contributed by atoms with Crippen molar-refractivity contribution in [2.75, 3.05) is 18.4 Å². The maximum absolute atomic E-state index is 11.7. The van der Waals surface area contributed by atoms with E-state index in [0.29, 0.717) is 13.1 Å². The van der Waals surface area contributed by atoms with E-state index in [0.717, 1.165) is 23.7 Å². The fourth-order valence-corrected chi connectivity index (χ4v) is 2.11. The highest BCUT2D eigenvalue weighted by atomic mass is 16.2. The van der Waals surface area contributed by atoms with Crippen molar-refractivity contribution in [1.82, 2.24) is 16.0 Å². The number of hydrogen-bond donors (Lipinski definition) is 4. The van der Waals surface area contributed by atoms with Crippen LogP contribution in [-0.4, -0.2) is 31.1 Å². The van der Waals surface area contributed by atoms with E-state index in [2.05, 4.69) is 21.3 Å². The van der Waals surface area contributed by atoms with Crippen molar-refractivity contribution in [1.29, 1.82) is 0 Å². The third-order valence-corrected chi connectivity index (χ3v) is 3.54. The lowest BCUT2D eigenvalue weighted by atomic mass is 10.2. The van der Waals surface area contributed by atoms with Gasteiger partial charge in [-0.3, -0.25) is 4.79 Å². The molecule has 3 amide bonds. The first kappa shape index (κ1) is 17.3. The van der Waals surface area contributed by atoms with Gasteiger partial charge >= 0.3 is 6.03 Å². The normalized spacial score (nSPS) is 13.7. The third kappa shape index (κ3) is 7.15. The Morgan fingerprint density at radius 3 is 2.48 bits per heavy atom. The lowest BCUT2D eigenvalue weighted by Crippen LogP contribution is -2.34.